The predicted octanol–water partition coefficient (Wildman–Crippen LogP) is 4.35. The molecule has 0 aromatic heterocycles. The third-order valence-corrected chi connectivity index (χ3v) is 7.37. The number of amides is 1. The van der Waals surface area contributed by atoms with E-state index >= 15 is 0 Å². The molecule has 1 amide bonds. The first-order valence-electron chi connectivity index (χ1n) is 8.56. The van der Waals surface area contributed by atoms with E-state index in [2.05, 4.69) is 15.9 Å². The average Bonchev–Trinajstić information content (AvgIpc) is 3.00. The van der Waals surface area contributed by atoms with E-state index in [1.807, 2.05) is 12.1 Å². The van der Waals surface area contributed by atoms with Gasteiger partial charge in [0.2, 0.25) is 0 Å². The first-order chi connectivity index (χ1) is 13.2. The third-order valence-electron chi connectivity index (χ3n) is 4.50. The number of benzene rings is 2. The molecular weight excluding hydrogens is 489 g/mol. The Bertz CT molecular complexity index is 966. The summed E-state index contributed by atoms with van der Waals surface area (Å²) in [6.45, 7) is 0.00209. The smallest absolute Gasteiger partial charge is 0.261 e. The second kappa shape index (κ2) is 9.03. The predicted molar refractivity (Wildman–Crippen MR) is 114 cm³/mol. The van der Waals surface area contributed by atoms with E-state index in [0.717, 1.165) is 4.47 Å². The van der Waals surface area contributed by atoms with Crippen molar-refractivity contribution in [3.05, 3.63) is 62.5 Å². The van der Waals surface area contributed by atoms with Crippen molar-refractivity contribution in [1.82, 2.24) is 4.90 Å². The maximum atomic E-state index is 12.9. The monoisotopic (exact) mass is 505 g/mol. The van der Waals surface area contributed by atoms with Crippen LogP contribution in [0.4, 0.5) is 0 Å². The molecule has 5 nitrogen and oxygen atoms in total. The molecule has 1 atom stereocenters. The molecule has 0 aliphatic carbocycles. The summed E-state index contributed by atoms with van der Waals surface area (Å²) in [5, 5.41) is 0.925. The van der Waals surface area contributed by atoms with Gasteiger partial charge in [-0.2, -0.15) is 0 Å². The Kier molecular flexibility index (Phi) is 6.91. The zero-order chi connectivity index (χ0) is 20.3. The molecule has 28 heavy (non-hydrogen) atoms. The van der Waals surface area contributed by atoms with Gasteiger partial charge in [-0.3, -0.25) is 4.79 Å². The van der Waals surface area contributed by atoms with Gasteiger partial charge in [-0.15, -0.1) is 0 Å². The van der Waals surface area contributed by atoms with Crippen molar-refractivity contribution in [2.24, 2.45) is 0 Å². The standard InChI is InChI=1S/C19H18BrCl2NO4S/c20-14-2-5-17(6-3-14)27-11-19(24)23(16-7-8-28(25,26)12-16)10-13-1-4-15(21)9-18(13)22/h1-6,9,16H,7-8,10-12H2/t16-/m0/s1. The van der Waals surface area contributed by atoms with Crippen LogP contribution in [0.1, 0.15) is 12.0 Å². The number of halogens is 3. The fraction of sp³-hybridized carbons (Fsp3) is 0.316. The highest BCUT2D eigenvalue weighted by molar-refractivity contribution is 9.10. The number of hydrogen-bond donors (Lipinski definition) is 0. The van der Waals surface area contributed by atoms with Crippen LogP contribution in [0.25, 0.3) is 0 Å². The Balaban J connectivity index is 1.76. The van der Waals surface area contributed by atoms with Gasteiger partial charge in [0.1, 0.15) is 5.75 Å². The minimum Gasteiger partial charge on any atom is -0.484 e. The topological polar surface area (TPSA) is 63.7 Å². The van der Waals surface area contributed by atoms with Crippen molar-refractivity contribution in [3.8, 4) is 5.75 Å². The molecule has 0 bridgehead atoms. The average molecular weight is 507 g/mol. The second-order valence-corrected chi connectivity index (χ2v) is 10.5. The number of rotatable bonds is 6. The lowest BCUT2D eigenvalue weighted by Gasteiger charge is -2.29. The molecule has 9 heteroatoms. The third kappa shape index (κ3) is 5.63. The van der Waals surface area contributed by atoms with E-state index in [1.54, 1.807) is 35.2 Å². The normalized spacial score (nSPS) is 18.0. The molecule has 2 aromatic carbocycles. The summed E-state index contributed by atoms with van der Waals surface area (Å²) < 4.78 is 30.3. The quantitative estimate of drug-likeness (QED) is 0.584. The van der Waals surface area contributed by atoms with Crippen LogP contribution < -0.4 is 4.74 Å². The highest BCUT2D eigenvalue weighted by atomic mass is 79.9. The largest absolute Gasteiger partial charge is 0.484 e. The van der Waals surface area contributed by atoms with Crippen LogP contribution in [0.3, 0.4) is 0 Å². The van der Waals surface area contributed by atoms with E-state index in [1.165, 1.54) is 0 Å². The lowest BCUT2D eigenvalue weighted by Crippen LogP contribution is -2.43. The van der Waals surface area contributed by atoms with Gasteiger partial charge in [0.15, 0.2) is 16.4 Å². The van der Waals surface area contributed by atoms with Crippen molar-refractivity contribution in [1.29, 1.82) is 0 Å². The SMILES string of the molecule is O=C(COc1ccc(Br)cc1)N(Cc1ccc(Cl)cc1Cl)[C@H]1CCS(=O)(=O)C1. The maximum Gasteiger partial charge on any atom is 0.261 e. The number of nitrogens with zero attached hydrogens (tertiary/aromatic N) is 1. The molecule has 150 valence electrons. The molecule has 3 rings (SSSR count). The van der Waals surface area contributed by atoms with E-state index in [4.69, 9.17) is 27.9 Å². The molecule has 0 spiro atoms. The van der Waals surface area contributed by atoms with Crippen LogP contribution in [-0.2, 0) is 21.2 Å². The zero-order valence-electron chi connectivity index (χ0n) is 14.8. The lowest BCUT2D eigenvalue weighted by atomic mass is 10.1. The molecule has 0 N–H and O–H groups in total. The van der Waals surface area contributed by atoms with Crippen molar-refractivity contribution >= 4 is 54.9 Å². The van der Waals surface area contributed by atoms with Crippen molar-refractivity contribution in [2.45, 2.75) is 19.0 Å². The molecule has 0 saturated carbocycles. The number of ether oxygens (including phenoxy) is 1. The summed E-state index contributed by atoms with van der Waals surface area (Å²) in [6.07, 6.45) is 0.400. The summed E-state index contributed by atoms with van der Waals surface area (Å²) in [5.41, 5.74) is 0.701. The highest BCUT2D eigenvalue weighted by Crippen LogP contribution is 2.26. The first kappa shape index (κ1) is 21.4. The highest BCUT2D eigenvalue weighted by Gasteiger charge is 2.35. The van der Waals surface area contributed by atoms with Crippen LogP contribution in [0.5, 0.6) is 5.75 Å². The minimum atomic E-state index is -3.15. The Hall–Kier alpha value is -1.28. The van der Waals surface area contributed by atoms with Crippen LogP contribution in [0.15, 0.2) is 46.9 Å². The number of carbonyl (C=O) groups excluding carboxylic acids is 1. The molecule has 1 saturated heterocycles. The van der Waals surface area contributed by atoms with E-state index in [0.29, 0.717) is 27.8 Å². The minimum absolute atomic E-state index is 0.0533. The zero-order valence-corrected chi connectivity index (χ0v) is 18.7. The van der Waals surface area contributed by atoms with E-state index in [-0.39, 0.29) is 30.6 Å². The van der Waals surface area contributed by atoms with Crippen LogP contribution >= 0.6 is 39.1 Å². The summed E-state index contributed by atoms with van der Waals surface area (Å²) in [6, 6.07) is 11.8. The van der Waals surface area contributed by atoms with Gasteiger partial charge in [0.05, 0.1) is 11.5 Å². The van der Waals surface area contributed by atoms with E-state index < -0.39 is 15.9 Å². The summed E-state index contributed by atoms with van der Waals surface area (Å²) in [7, 11) is -3.15. The molecule has 1 aliphatic heterocycles. The number of carbonyl (C=O) groups is 1. The van der Waals surface area contributed by atoms with Gasteiger partial charge in [0, 0.05) is 27.1 Å². The molecule has 1 aliphatic rings. The fourth-order valence-electron chi connectivity index (χ4n) is 3.03. The van der Waals surface area contributed by atoms with Crippen molar-refractivity contribution < 1.29 is 17.9 Å². The summed E-state index contributed by atoms with van der Waals surface area (Å²) >= 11 is 15.5. The van der Waals surface area contributed by atoms with Gasteiger partial charge in [-0.1, -0.05) is 45.2 Å². The van der Waals surface area contributed by atoms with Crippen LogP contribution in [0, 0.1) is 0 Å². The first-order valence-corrected chi connectivity index (χ1v) is 11.9. The Morgan fingerprint density at radius 2 is 1.89 bits per heavy atom. The maximum absolute atomic E-state index is 12.9. The number of hydrogen-bond acceptors (Lipinski definition) is 4. The second-order valence-electron chi connectivity index (χ2n) is 6.56. The van der Waals surface area contributed by atoms with Gasteiger partial charge < -0.3 is 9.64 Å². The van der Waals surface area contributed by atoms with Gasteiger partial charge in [-0.25, -0.2) is 8.42 Å². The van der Waals surface area contributed by atoms with E-state index in [9.17, 15) is 13.2 Å². The lowest BCUT2D eigenvalue weighted by molar-refractivity contribution is -0.136. The Labute approximate surface area is 182 Å². The molecule has 2 aromatic rings. The van der Waals surface area contributed by atoms with Crippen molar-refractivity contribution in [3.63, 3.8) is 0 Å². The molecule has 0 unspecified atom stereocenters. The Morgan fingerprint density at radius 1 is 1.18 bits per heavy atom. The molecule has 1 heterocycles. The van der Waals surface area contributed by atoms with Crippen LogP contribution in [0.2, 0.25) is 10.0 Å². The van der Waals surface area contributed by atoms with Gasteiger partial charge in [-0.05, 0) is 48.4 Å². The Morgan fingerprint density at radius 3 is 2.50 bits per heavy atom. The molecule has 1 fully saturated rings. The van der Waals surface area contributed by atoms with Crippen LogP contribution in [-0.4, -0.2) is 43.4 Å². The van der Waals surface area contributed by atoms with Gasteiger partial charge >= 0.3 is 0 Å². The fourth-order valence-corrected chi connectivity index (χ4v) is 5.50. The van der Waals surface area contributed by atoms with Gasteiger partial charge in [0.25, 0.3) is 5.91 Å². The molecule has 0 radical (unpaired) electrons. The number of sulfone groups is 1. The molecular formula is C19H18BrCl2NO4S. The summed E-state index contributed by atoms with van der Waals surface area (Å²) in [5.74, 6) is 0.280. The summed E-state index contributed by atoms with van der Waals surface area (Å²) in [4.78, 5) is 14.4. The van der Waals surface area contributed by atoms with Crippen molar-refractivity contribution in [2.75, 3.05) is 18.1 Å².